The van der Waals surface area contributed by atoms with Crippen molar-refractivity contribution in [2.24, 2.45) is 0 Å². The molecule has 1 heterocycles. The molecule has 0 saturated heterocycles. The minimum Gasteiger partial charge on any atom is -0.444 e. The van der Waals surface area contributed by atoms with E-state index in [4.69, 9.17) is 9.84 Å². The summed E-state index contributed by atoms with van der Waals surface area (Å²) in [5.74, 6) is 0. The van der Waals surface area contributed by atoms with Crippen LogP contribution in [-0.2, 0) is 11.3 Å². The minimum atomic E-state index is -0.560. The Hall–Kier alpha value is -1.14. The highest BCUT2D eigenvalue weighted by Gasteiger charge is 2.17. The van der Waals surface area contributed by atoms with Crippen LogP contribution in [0.5, 0.6) is 0 Å². The molecule has 1 aromatic rings. The summed E-state index contributed by atoms with van der Waals surface area (Å²) in [6.45, 7) is 5.21. The number of nitrogens with one attached hydrogen (secondary N) is 1. The molecule has 0 unspecified atom stereocenters. The van der Waals surface area contributed by atoms with Gasteiger partial charge in [-0.2, -0.15) is 0 Å². The van der Waals surface area contributed by atoms with Gasteiger partial charge in [-0.25, -0.2) is 9.78 Å². The lowest BCUT2D eigenvalue weighted by Gasteiger charge is -2.20. The average Bonchev–Trinajstić information content (AvgIpc) is 2.18. The van der Waals surface area contributed by atoms with Gasteiger partial charge in [-0.3, -0.25) is 5.32 Å². The number of halogens is 1. The molecule has 94 valence electrons. The quantitative estimate of drug-likeness (QED) is 0.824. The van der Waals surface area contributed by atoms with E-state index in [2.05, 4.69) is 26.2 Å². The van der Waals surface area contributed by atoms with Gasteiger partial charge in [0.2, 0.25) is 0 Å². The van der Waals surface area contributed by atoms with E-state index in [9.17, 15) is 4.79 Å². The van der Waals surface area contributed by atoms with Crippen molar-refractivity contribution < 1.29 is 14.6 Å². The Morgan fingerprint density at radius 2 is 2.24 bits per heavy atom. The number of aliphatic hydroxyl groups excluding tert-OH is 1. The molecule has 0 radical (unpaired) electrons. The van der Waals surface area contributed by atoms with E-state index in [1.807, 2.05) is 0 Å². The summed E-state index contributed by atoms with van der Waals surface area (Å²) in [7, 11) is 0. The highest BCUT2D eigenvalue weighted by Crippen LogP contribution is 2.21. The van der Waals surface area contributed by atoms with Crippen LogP contribution in [0.2, 0.25) is 0 Å². The van der Waals surface area contributed by atoms with Crippen LogP contribution in [0.25, 0.3) is 0 Å². The van der Waals surface area contributed by atoms with Crippen molar-refractivity contribution in [3.63, 3.8) is 0 Å². The molecule has 0 saturated carbocycles. The summed E-state index contributed by atoms with van der Waals surface area (Å²) in [5, 5.41) is 11.5. The molecular weight excluding hydrogens is 288 g/mol. The number of pyridine rings is 1. The zero-order valence-corrected chi connectivity index (χ0v) is 11.5. The number of carbonyl (C=O) groups is 1. The molecule has 0 aliphatic heterocycles. The molecule has 1 rings (SSSR count). The van der Waals surface area contributed by atoms with E-state index < -0.39 is 11.7 Å². The summed E-state index contributed by atoms with van der Waals surface area (Å²) >= 11 is 3.20. The molecule has 0 bridgehead atoms. The predicted octanol–water partition coefficient (Wildman–Crippen LogP) is 2.68. The Morgan fingerprint density at radius 1 is 1.59 bits per heavy atom. The van der Waals surface area contributed by atoms with Gasteiger partial charge in [-0.05, 0) is 48.3 Å². The second-order valence-electron chi connectivity index (χ2n) is 4.47. The van der Waals surface area contributed by atoms with Crippen LogP contribution in [0, 0.1) is 0 Å². The zero-order chi connectivity index (χ0) is 13.1. The largest absolute Gasteiger partial charge is 0.444 e. The molecule has 17 heavy (non-hydrogen) atoms. The average molecular weight is 303 g/mol. The number of ether oxygens (including phenoxy) is 1. The molecule has 0 aliphatic rings. The number of anilines is 1. The number of rotatable bonds is 2. The maximum Gasteiger partial charge on any atom is 0.412 e. The van der Waals surface area contributed by atoms with Crippen molar-refractivity contribution in [1.29, 1.82) is 0 Å². The third-order valence-corrected chi connectivity index (χ3v) is 2.35. The third kappa shape index (κ3) is 4.70. The lowest BCUT2D eigenvalue weighted by molar-refractivity contribution is 0.0635. The lowest BCUT2D eigenvalue weighted by Crippen LogP contribution is -2.27. The van der Waals surface area contributed by atoms with E-state index >= 15 is 0 Å². The molecule has 0 atom stereocenters. The van der Waals surface area contributed by atoms with Gasteiger partial charge in [0.25, 0.3) is 0 Å². The monoisotopic (exact) mass is 302 g/mol. The number of amides is 1. The number of hydrogen-bond donors (Lipinski definition) is 2. The first kappa shape index (κ1) is 13.9. The zero-order valence-electron chi connectivity index (χ0n) is 9.95. The molecule has 2 N–H and O–H groups in total. The molecule has 1 aromatic heterocycles. The predicted molar refractivity (Wildman–Crippen MR) is 67.7 cm³/mol. The van der Waals surface area contributed by atoms with Gasteiger partial charge in [0.15, 0.2) is 0 Å². The second-order valence-corrected chi connectivity index (χ2v) is 5.22. The fourth-order valence-corrected chi connectivity index (χ4v) is 1.39. The summed E-state index contributed by atoms with van der Waals surface area (Å²) < 4.78 is 5.60. The second kappa shape index (κ2) is 5.46. The molecule has 0 aromatic carbocycles. The number of carbonyl (C=O) groups excluding carboxylic acids is 1. The van der Waals surface area contributed by atoms with E-state index in [-0.39, 0.29) is 6.61 Å². The first-order valence-corrected chi connectivity index (χ1v) is 5.86. The maximum absolute atomic E-state index is 11.5. The van der Waals surface area contributed by atoms with Crippen molar-refractivity contribution in [2.75, 3.05) is 5.32 Å². The first-order valence-electron chi connectivity index (χ1n) is 5.07. The van der Waals surface area contributed by atoms with Gasteiger partial charge >= 0.3 is 6.09 Å². The number of hydrogen-bond acceptors (Lipinski definition) is 4. The van der Waals surface area contributed by atoms with Crippen molar-refractivity contribution in [2.45, 2.75) is 33.0 Å². The molecule has 0 spiro atoms. The van der Waals surface area contributed by atoms with Crippen LogP contribution in [0.3, 0.4) is 0 Å². The van der Waals surface area contributed by atoms with Crippen LogP contribution < -0.4 is 5.32 Å². The Balaban J connectivity index is 2.77. The van der Waals surface area contributed by atoms with Crippen LogP contribution in [-0.4, -0.2) is 21.8 Å². The fraction of sp³-hybridized carbons (Fsp3) is 0.455. The Morgan fingerprint density at radius 3 is 2.76 bits per heavy atom. The minimum absolute atomic E-state index is 0.136. The molecule has 0 fully saturated rings. The topological polar surface area (TPSA) is 71.5 Å². The Labute approximate surface area is 108 Å². The van der Waals surface area contributed by atoms with E-state index in [0.717, 1.165) is 0 Å². The maximum atomic E-state index is 11.5. The van der Waals surface area contributed by atoms with Crippen molar-refractivity contribution >= 4 is 27.7 Å². The summed E-state index contributed by atoms with van der Waals surface area (Å²) in [6, 6.07) is 1.63. The molecule has 1 amide bonds. The Bertz CT molecular complexity index is 416. The van der Waals surface area contributed by atoms with E-state index in [1.54, 1.807) is 26.8 Å². The van der Waals surface area contributed by atoms with Crippen LogP contribution in [0.4, 0.5) is 10.5 Å². The number of aliphatic hydroxyl groups is 1. The van der Waals surface area contributed by atoms with E-state index in [0.29, 0.717) is 15.9 Å². The van der Waals surface area contributed by atoms with Gasteiger partial charge < -0.3 is 9.84 Å². The normalized spacial score (nSPS) is 11.1. The Kier molecular flexibility index (Phi) is 4.47. The molecule has 5 nitrogen and oxygen atoms in total. The highest BCUT2D eigenvalue weighted by molar-refractivity contribution is 9.10. The summed E-state index contributed by atoms with van der Waals surface area (Å²) in [4.78, 5) is 15.5. The van der Waals surface area contributed by atoms with Gasteiger partial charge in [0.1, 0.15) is 10.2 Å². The van der Waals surface area contributed by atoms with Gasteiger partial charge in [-0.1, -0.05) is 0 Å². The SMILES string of the molecule is CC(C)(C)OC(=O)Nc1cc(CO)cnc1Br. The van der Waals surface area contributed by atoms with Crippen LogP contribution >= 0.6 is 15.9 Å². The summed E-state index contributed by atoms with van der Waals surface area (Å²) in [5.41, 5.74) is 0.517. The standard InChI is InChI=1S/C11H15BrN2O3/c1-11(2,3)17-10(16)14-8-4-7(6-15)5-13-9(8)12/h4-5,15H,6H2,1-3H3,(H,14,16). The fourth-order valence-electron chi connectivity index (χ4n) is 1.08. The van der Waals surface area contributed by atoms with Crippen LogP contribution in [0.1, 0.15) is 26.3 Å². The van der Waals surface area contributed by atoms with Gasteiger partial charge in [0.05, 0.1) is 12.3 Å². The lowest BCUT2D eigenvalue weighted by atomic mass is 10.2. The first-order chi connectivity index (χ1) is 7.81. The third-order valence-electron chi connectivity index (χ3n) is 1.71. The highest BCUT2D eigenvalue weighted by atomic mass is 79.9. The van der Waals surface area contributed by atoms with Gasteiger partial charge in [0, 0.05) is 6.20 Å². The summed E-state index contributed by atoms with van der Waals surface area (Å²) in [6.07, 6.45) is 0.958. The molecule has 0 aliphatic carbocycles. The van der Waals surface area contributed by atoms with Crippen molar-refractivity contribution in [3.8, 4) is 0 Å². The van der Waals surface area contributed by atoms with Crippen molar-refractivity contribution in [1.82, 2.24) is 4.98 Å². The number of nitrogens with zero attached hydrogens (tertiary/aromatic N) is 1. The van der Waals surface area contributed by atoms with Crippen molar-refractivity contribution in [3.05, 3.63) is 22.4 Å². The van der Waals surface area contributed by atoms with Gasteiger partial charge in [-0.15, -0.1) is 0 Å². The van der Waals surface area contributed by atoms with Crippen LogP contribution in [0.15, 0.2) is 16.9 Å². The molecule has 6 heteroatoms. The smallest absolute Gasteiger partial charge is 0.412 e. The molecular formula is C11H15BrN2O3. The van der Waals surface area contributed by atoms with E-state index in [1.165, 1.54) is 6.20 Å². The number of aromatic nitrogens is 1.